The van der Waals surface area contributed by atoms with E-state index in [0.29, 0.717) is 11.5 Å². The van der Waals surface area contributed by atoms with Gasteiger partial charge in [0.1, 0.15) is 17.3 Å². The molecular weight excluding hydrogens is 361 g/mol. The SMILES string of the molecule is O=C(NCc1ccc(-c2ccc(Br)cc2)o1)c1ccccc1F. The van der Waals surface area contributed by atoms with Crippen LogP contribution in [0.1, 0.15) is 16.1 Å². The fourth-order valence-corrected chi connectivity index (χ4v) is 2.41. The molecule has 1 amide bonds. The number of rotatable bonds is 4. The molecule has 0 aliphatic rings. The summed E-state index contributed by atoms with van der Waals surface area (Å²) in [5.41, 5.74) is 0.965. The van der Waals surface area contributed by atoms with Crippen molar-refractivity contribution in [3.63, 3.8) is 0 Å². The van der Waals surface area contributed by atoms with Crippen LogP contribution in [0.3, 0.4) is 0 Å². The molecule has 1 heterocycles. The highest BCUT2D eigenvalue weighted by atomic mass is 79.9. The van der Waals surface area contributed by atoms with E-state index in [9.17, 15) is 9.18 Å². The number of nitrogens with one attached hydrogen (secondary N) is 1. The number of hydrogen-bond acceptors (Lipinski definition) is 2. The van der Waals surface area contributed by atoms with Crippen LogP contribution in [-0.4, -0.2) is 5.91 Å². The minimum Gasteiger partial charge on any atom is -0.459 e. The lowest BCUT2D eigenvalue weighted by atomic mass is 10.2. The molecule has 23 heavy (non-hydrogen) atoms. The Balaban J connectivity index is 1.67. The molecule has 0 spiro atoms. The van der Waals surface area contributed by atoms with Crippen LogP contribution in [0.5, 0.6) is 0 Å². The molecule has 3 aromatic rings. The first-order chi connectivity index (χ1) is 11.1. The molecule has 0 saturated carbocycles. The molecule has 0 radical (unpaired) electrons. The largest absolute Gasteiger partial charge is 0.459 e. The quantitative estimate of drug-likeness (QED) is 0.714. The Labute approximate surface area is 141 Å². The van der Waals surface area contributed by atoms with Crippen LogP contribution in [0.15, 0.2) is 69.6 Å². The fraction of sp³-hybridized carbons (Fsp3) is 0.0556. The highest BCUT2D eigenvalue weighted by molar-refractivity contribution is 9.10. The van der Waals surface area contributed by atoms with E-state index in [4.69, 9.17) is 4.42 Å². The highest BCUT2D eigenvalue weighted by Gasteiger charge is 2.11. The predicted octanol–water partition coefficient (Wildman–Crippen LogP) is 4.78. The molecule has 3 nitrogen and oxygen atoms in total. The summed E-state index contributed by atoms with van der Waals surface area (Å²) in [5, 5.41) is 2.65. The summed E-state index contributed by atoms with van der Waals surface area (Å²) in [6, 6.07) is 17.2. The standard InChI is InChI=1S/C18H13BrFNO2/c19-13-7-5-12(6-8-13)17-10-9-14(23-17)11-21-18(22)15-3-1-2-4-16(15)20/h1-10H,11H2,(H,21,22). The van der Waals surface area contributed by atoms with Crippen molar-refractivity contribution >= 4 is 21.8 Å². The Hall–Kier alpha value is -2.40. The van der Waals surface area contributed by atoms with Crippen molar-refractivity contribution in [2.24, 2.45) is 0 Å². The molecule has 0 unspecified atom stereocenters. The molecule has 0 aliphatic heterocycles. The summed E-state index contributed by atoms with van der Waals surface area (Å²) in [7, 11) is 0. The molecule has 0 bridgehead atoms. The highest BCUT2D eigenvalue weighted by Crippen LogP contribution is 2.24. The van der Waals surface area contributed by atoms with E-state index in [2.05, 4.69) is 21.2 Å². The van der Waals surface area contributed by atoms with Crippen LogP contribution in [-0.2, 0) is 6.54 Å². The lowest BCUT2D eigenvalue weighted by molar-refractivity contribution is 0.0944. The monoisotopic (exact) mass is 373 g/mol. The van der Waals surface area contributed by atoms with Gasteiger partial charge in [-0.05, 0) is 36.4 Å². The minimum absolute atomic E-state index is 0.0205. The summed E-state index contributed by atoms with van der Waals surface area (Å²) < 4.78 is 20.2. The lowest BCUT2D eigenvalue weighted by Gasteiger charge is -2.04. The number of benzene rings is 2. The van der Waals surface area contributed by atoms with Gasteiger partial charge in [-0.15, -0.1) is 0 Å². The van der Waals surface area contributed by atoms with Gasteiger partial charge in [-0.2, -0.15) is 0 Å². The van der Waals surface area contributed by atoms with Crippen LogP contribution in [0.4, 0.5) is 4.39 Å². The number of amides is 1. The first-order valence-corrected chi connectivity index (χ1v) is 7.80. The Kier molecular flexibility index (Phi) is 4.57. The van der Waals surface area contributed by atoms with E-state index in [-0.39, 0.29) is 12.1 Å². The smallest absolute Gasteiger partial charge is 0.254 e. The van der Waals surface area contributed by atoms with Gasteiger partial charge < -0.3 is 9.73 Å². The number of halogens is 2. The predicted molar refractivity (Wildman–Crippen MR) is 89.4 cm³/mol. The van der Waals surface area contributed by atoms with E-state index in [1.807, 2.05) is 30.3 Å². The number of carbonyl (C=O) groups excluding carboxylic acids is 1. The van der Waals surface area contributed by atoms with Crippen molar-refractivity contribution in [3.05, 3.63) is 82.3 Å². The lowest BCUT2D eigenvalue weighted by Crippen LogP contribution is -2.23. The minimum atomic E-state index is -0.542. The first kappa shape index (κ1) is 15.5. The van der Waals surface area contributed by atoms with Gasteiger partial charge in [0.05, 0.1) is 12.1 Å². The van der Waals surface area contributed by atoms with E-state index in [1.54, 1.807) is 18.2 Å². The van der Waals surface area contributed by atoms with Gasteiger partial charge in [0.25, 0.3) is 5.91 Å². The normalized spacial score (nSPS) is 10.5. The summed E-state index contributed by atoms with van der Waals surface area (Å²) >= 11 is 3.38. The zero-order valence-corrected chi connectivity index (χ0v) is 13.6. The number of carbonyl (C=O) groups is 1. The zero-order valence-electron chi connectivity index (χ0n) is 12.1. The third-order valence-corrected chi connectivity index (χ3v) is 3.86. The topological polar surface area (TPSA) is 42.2 Å². The molecule has 0 atom stereocenters. The third kappa shape index (κ3) is 3.68. The maximum absolute atomic E-state index is 13.5. The summed E-state index contributed by atoms with van der Waals surface area (Å²) in [4.78, 5) is 12.0. The van der Waals surface area contributed by atoms with Crippen molar-refractivity contribution < 1.29 is 13.6 Å². The van der Waals surface area contributed by atoms with Crippen LogP contribution in [0, 0.1) is 5.82 Å². The van der Waals surface area contributed by atoms with Gasteiger partial charge in [0.2, 0.25) is 0 Å². The molecule has 0 fully saturated rings. The van der Waals surface area contributed by atoms with Gasteiger partial charge in [-0.1, -0.05) is 40.2 Å². The Morgan fingerprint density at radius 2 is 1.78 bits per heavy atom. The van der Waals surface area contributed by atoms with Gasteiger partial charge in [0.15, 0.2) is 0 Å². The molecular formula is C18H13BrFNO2. The average Bonchev–Trinajstić information content (AvgIpc) is 3.03. The number of hydrogen-bond donors (Lipinski definition) is 1. The van der Waals surface area contributed by atoms with Gasteiger partial charge in [-0.3, -0.25) is 4.79 Å². The zero-order chi connectivity index (χ0) is 16.2. The Bertz CT molecular complexity index is 827. The Morgan fingerprint density at radius 3 is 2.52 bits per heavy atom. The first-order valence-electron chi connectivity index (χ1n) is 7.01. The van der Waals surface area contributed by atoms with Crippen molar-refractivity contribution in [3.8, 4) is 11.3 Å². The molecule has 116 valence electrons. The summed E-state index contributed by atoms with van der Waals surface area (Å²) in [5.74, 6) is 0.310. The average molecular weight is 374 g/mol. The number of furan rings is 1. The van der Waals surface area contributed by atoms with Crippen LogP contribution in [0.2, 0.25) is 0 Å². The van der Waals surface area contributed by atoms with Gasteiger partial charge in [-0.25, -0.2) is 4.39 Å². The van der Waals surface area contributed by atoms with Crippen molar-refractivity contribution in [2.75, 3.05) is 0 Å². The molecule has 3 rings (SSSR count). The summed E-state index contributed by atoms with van der Waals surface area (Å²) in [6.07, 6.45) is 0. The van der Waals surface area contributed by atoms with E-state index < -0.39 is 11.7 Å². The summed E-state index contributed by atoms with van der Waals surface area (Å²) in [6.45, 7) is 0.198. The van der Waals surface area contributed by atoms with E-state index >= 15 is 0 Å². The van der Waals surface area contributed by atoms with Gasteiger partial charge in [0, 0.05) is 10.0 Å². The molecule has 2 aromatic carbocycles. The second-order valence-corrected chi connectivity index (χ2v) is 5.85. The molecule has 1 N–H and O–H groups in total. The second kappa shape index (κ2) is 6.79. The van der Waals surface area contributed by atoms with Crippen LogP contribution < -0.4 is 5.32 Å². The second-order valence-electron chi connectivity index (χ2n) is 4.94. The van der Waals surface area contributed by atoms with Crippen molar-refractivity contribution in [1.82, 2.24) is 5.32 Å². The van der Waals surface area contributed by atoms with E-state index in [1.165, 1.54) is 12.1 Å². The fourth-order valence-electron chi connectivity index (χ4n) is 2.15. The maximum Gasteiger partial charge on any atom is 0.254 e. The molecule has 1 aromatic heterocycles. The van der Waals surface area contributed by atoms with Crippen LogP contribution >= 0.6 is 15.9 Å². The Morgan fingerprint density at radius 1 is 1.04 bits per heavy atom. The van der Waals surface area contributed by atoms with Crippen molar-refractivity contribution in [2.45, 2.75) is 6.54 Å². The maximum atomic E-state index is 13.5. The van der Waals surface area contributed by atoms with Crippen molar-refractivity contribution in [1.29, 1.82) is 0 Å². The van der Waals surface area contributed by atoms with Gasteiger partial charge >= 0.3 is 0 Å². The van der Waals surface area contributed by atoms with E-state index in [0.717, 1.165) is 10.0 Å². The molecule has 5 heteroatoms. The molecule has 0 saturated heterocycles. The molecule has 0 aliphatic carbocycles. The van der Waals surface area contributed by atoms with Crippen LogP contribution in [0.25, 0.3) is 11.3 Å². The third-order valence-electron chi connectivity index (χ3n) is 3.33.